The fourth-order valence-corrected chi connectivity index (χ4v) is 6.57. The summed E-state index contributed by atoms with van der Waals surface area (Å²) in [5.74, 6) is 0. The summed E-state index contributed by atoms with van der Waals surface area (Å²) in [4.78, 5) is 0. The summed E-state index contributed by atoms with van der Waals surface area (Å²) in [6.07, 6.45) is 10.6. The van der Waals surface area contributed by atoms with Crippen molar-refractivity contribution < 1.29 is 33.9 Å². The van der Waals surface area contributed by atoms with Crippen molar-refractivity contribution >= 4 is 0 Å². The van der Waals surface area contributed by atoms with E-state index in [1.54, 1.807) is 13.8 Å². The molecule has 10 atom stereocenters. The van der Waals surface area contributed by atoms with E-state index in [2.05, 4.69) is 41.5 Å². The molecule has 0 radical (unpaired) electrons. The molecule has 5 fully saturated rings. The molecule has 7 nitrogen and oxygen atoms in total. The Morgan fingerprint density at radius 3 is 1.24 bits per heavy atom. The topological polar surface area (TPSA) is 103 Å². The summed E-state index contributed by atoms with van der Waals surface area (Å²) in [5, 5.41) is 20.1. The maximum Gasteiger partial charge on any atom is 0.0921 e. The fourth-order valence-electron chi connectivity index (χ4n) is 6.57. The lowest BCUT2D eigenvalue weighted by molar-refractivity contribution is -0.0539. The van der Waals surface area contributed by atoms with E-state index in [-0.39, 0.29) is 34.1 Å². The Kier molecular flexibility index (Phi) is 6.96. The molecule has 0 amide bonds. The summed E-state index contributed by atoms with van der Waals surface area (Å²) in [5.41, 5.74) is -1.20. The molecule has 37 heavy (non-hydrogen) atoms. The van der Waals surface area contributed by atoms with Gasteiger partial charge in [-0.1, -0.05) is 0 Å². The van der Waals surface area contributed by atoms with Gasteiger partial charge in [0.1, 0.15) is 0 Å². The summed E-state index contributed by atoms with van der Waals surface area (Å²) < 4.78 is 30.1. The molecule has 0 spiro atoms. The van der Waals surface area contributed by atoms with Gasteiger partial charge in [-0.05, 0) is 120 Å². The van der Waals surface area contributed by atoms with Crippen LogP contribution in [0.5, 0.6) is 0 Å². The molecule has 5 heterocycles. The first-order valence-corrected chi connectivity index (χ1v) is 14.8. The maximum absolute atomic E-state index is 10.1. The van der Waals surface area contributed by atoms with Gasteiger partial charge in [0.05, 0.1) is 70.2 Å². The van der Waals surface area contributed by atoms with Crippen LogP contribution in [0.3, 0.4) is 0 Å². The van der Waals surface area contributed by atoms with Gasteiger partial charge in [0.15, 0.2) is 0 Å². The molecular weight excluding hydrogens is 472 g/mol. The van der Waals surface area contributed by atoms with Gasteiger partial charge in [0.25, 0.3) is 0 Å². The van der Waals surface area contributed by atoms with Crippen LogP contribution >= 0.6 is 0 Å². The molecule has 5 aliphatic rings. The minimum atomic E-state index is -1.07. The molecule has 0 aromatic heterocycles. The van der Waals surface area contributed by atoms with E-state index in [0.29, 0.717) is 30.8 Å². The number of aliphatic hydroxyl groups excluding tert-OH is 1. The summed E-state index contributed by atoms with van der Waals surface area (Å²) in [6, 6.07) is 0. The molecule has 5 saturated heterocycles. The first-order valence-electron chi connectivity index (χ1n) is 14.8. The first kappa shape index (κ1) is 28.3. The van der Waals surface area contributed by atoms with Crippen LogP contribution in [0.15, 0.2) is 0 Å². The van der Waals surface area contributed by atoms with Gasteiger partial charge in [-0.3, -0.25) is 0 Å². The number of hydrogen-bond donors (Lipinski definition) is 2. The van der Waals surface area contributed by atoms with E-state index < -0.39 is 11.7 Å². The highest BCUT2D eigenvalue weighted by molar-refractivity contribution is 5.08. The molecule has 0 unspecified atom stereocenters. The fraction of sp³-hybridized carbons (Fsp3) is 1.00. The van der Waals surface area contributed by atoms with Crippen LogP contribution in [-0.2, 0) is 23.7 Å². The van der Waals surface area contributed by atoms with Crippen LogP contribution in [0.2, 0.25) is 0 Å². The highest BCUT2D eigenvalue weighted by atomic mass is 16.6. The second kappa shape index (κ2) is 9.12. The Morgan fingerprint density at radius 1 is 0.568 bits per heavy atom. The number of hydrogen-bond acceptors (Lipinski definition) is 7. The van der Waals surface area contributed by atoms with E-state index in [0.717, 1.165) is 57.8 Å². The lowest BCUT2D eigenvalue weighted by atomic mass is 9.89. The van der Waals surface area contributed by atoms with Gasteiger partial charge in [-0.25, -0.2) is 0 Å². The van der Waals surface area contributed by atoms with Crippen molar-refractivity contribution in [2.75, 3.05) is 0 Å². The molecule has 0 aliphatic carbocycles. The van der Waals surface area contributed by atoms with Crippen molar-refractivity contribution in [2.45, 2.75) is 190 Å². The Bertz CT molecular complexity index is 855. The predicted octanol–water partition coefficient (Wildman–Crippen LogP) is 4.83. The zero-order valence-corrected chi connectivity index (χ0v) is 24.5. The van der Waals surface area contributed by atoms with Crippen LogP contribution in [-0.4, -0.2) is 80.4 Å². The van der Waals surface area contributed by atoms with Crippen molar-refractivity contribution in [1.82, 2.24) is 0 Å². The van der Waals surface area contributed by atoms with Crippen LogP contribution in [0.25, 0.3) is 0 Å². The normalized spacial score (nSPS) is 48.0. The molecule has 0 bridgehead atoms. The maximum atomic E-state index is 10.1. The van der Waals surface area contributed by atoms with E-state index >= 15 is 0 Å². The second-order valence-corrected chi connectivity index (χ2v) is 14.8. The zero-order valence-electron chi connectivity index (χ0n) is 24.5. The highest BCUT2D eigenvalue weighted by Crippen LogP contribution is 2.53. The molecule has 0 aromatic carbocycles. The van der Waals surface area contributed by atoms with Crippen LogP contribution in [0, 0.1) is 0 Å². The molecule has 5 rings (SSSR count). The Balaban J connectivity index is 0.932. The van der Waals surface area contributed by atoms with Crippen molar-refractivity contribution in [1.29, 1.82) is 0 Å². The average Bonchev–Trinajstić information content (AvgIpc) is 3.64. The number of rotatable bonds is 16. The van der Waals surface area contributed by atoms with Gasteiger partial charge >= 0.3 is 0 Å². The Labute approximate surface area is 223 Å². The van der Waals surface area contributed by atoms with E-state index in [1.165, 1.54) is 0 Å². The molecule has 7 heteroatoms. The van der Waals surface area contributed by atoms with Crippen LogP contribution in [0.4, 0.5) is 0 Å². The third kappa shape index (κ3) is 6.39. The summed E-state index contributed by atoms with van der Waals surface area (Å²) in [7, 11) is 0. The minimum absolute atomic E-state index is 0.00286. The monoisotopic (exact) mass is 524 g/mol. The Hall–Kier alpha value is -0.280. The highest BCUT2D eigenvalue weighted by Gasteiger charge is 2.60. The molecule has 0 aromatic rings. The van der Waals surface area contributed by atoms with Gasteiger partial charge in [-0.15, -0.1) is 0 Å². The third-order valence-corrected chi connectivity index (χ3v) is 10.4. The quantitative estimate of drug-likeness (QED) is 0.279. The second-order valence-electron chi connectivity index (χ2n) is 14.8. The molecular formula is C30H52O7. The number of ether oxygens (including phenoxy) is 5. The van der Waals surface area contributed by atoms with Crippen molar-refractivity contribution in [3.63, 3.8) is 0 Å². The number of aliphatic hydroxyl groups is 2. The Morgan fingerprint density at radius 2 is 0.892 bits per heavy atom. The lowest BCUT2D eigenvalue weighted by Crippen LogP contribution is -2.36. The molecule has 5 aliphatic heterocycles. The summed E-state index contributed by atoms with van der Waals surface area (Å²) >= 11 is 0. The van der Waals surface area contributed by atoms with Gasteiger partial charge in [-0.2, -0.15) is 0 Å². The van der Waals surface area contributed by atoms with E-state index in [4.69, 9.17) is 23.7 Å². The molecule has 214 valence electrons. The summed E-state index contributed by atoms with van der Waals surface area (Å²) in [6.45, 7) is 16.5. The van der Waals surface area contributed by atoms with Gasteiger partial charge in [0, 0.05) is 0 Å². The molecule has 2 N–H and O–H groups in total. The van der Waals surface area contributed by atoms with Crippen molar-refractivity contribution in [2.24, 2.45) is 0 Å². The average molecular weight is 525 g/mol. The van der Waals surface area contributed by atoms with Crippen LogP contribution < -0.4 is 0 Å². The zero-order chi connectivity index (χ0) is 27.1. The SMILES string of the molecule is CC(C)(O)[C@H](O)CC[C@@]1(C)O[C@@H]1CC[C@@]1(C)O[C@@H]1CC[C@H]1O[C@]1(C)CC[C@H]1O[C@]1(C)CC[C@H]1OC1(C)C. The van der Waals surface area contributed by atoms with Gasteiger partial charge < -0.3 is 33.9 Å². The molecule has 0 saturated carbocycles. The van der Waals surface area contributed by atoms with Crippen molar-refractivity contribution in [3.05, 3.63) is 0 Å². The van der Waals surface area contributed by atoms with Gasteiger partial charge in [0.2, 0.25) is 0 Å². The first-order chi connectivity index (χ1) is 17.0. The lowest BCUT2D eigenvalue weighted by Gasteiger charge is -2.25. The smallest absolute Gasteiger partial charge is 0.0921 e. The number of epoxide rings is 5. The van der Waals surface area contributed by atoms with E-state index in [1.807, 2.05) is 0 Å². The van der Waals surface area contributed by atoms with Crippen LogP contribution in [0.1, 0.15) is 120 Å². The predicted molar refractivity (Wildman–Crippen MR) is 141 cm³/mol. The van der Waals surface area contributed by atoms with Crippen molar-refractivity contribution in [3.8, 4) is 0 Å². The third-order valence-electron chi connectivity index (χ3n) is 10.4. The van der Waals surface area contributed by atoms with E-state index in [9.17, 15) is 10.2 Å². The largest absolute Gasteiger partial charge is 0.390 e. The standard InChI is InChI=1S/C30H52O7/c1-25(2,32)19(31)11-15-27(5)23(36-27)13-17-28(6)21(34-28)9-10-22-29(7,35-22)18-14-24-30(8,37-24)16-12-20-26(3,4)33-20/h19-24,31-32H,9-18H2,1-8H3/t19-,20-,21-,22-,23-,24-,27-,28-,29-,30-/m1/s1. The minimum Gasteiger partial charge on any atom is -0.390 e.